The van der Waals surface area contributed by atoms with Crippen molar-refractivity contribution in [1.29, 1.82) is 0 Å². The fourth-order valence-corrected chi connectivity index (χ4v) is 8.34. The average Bonchev–Trinajstić information content (AvgIpc) is 3.28. The fourth-order valence-electron chi connectivity index (χ4n) is 7.86. The van der Waals surface area contributed by atoms with Crippen molar-refractivity contribution in [2.45, 2.75) is 71.6 Å². The maximum absolute atomic E-state index is 13.4. The van der Waals surface area contributed by atoms with Gasteiger partial charge in [0.1, 0.15) is 0 Å². The van der Waals surface area contributed by atoms with Gasteiger partial charge in [-0.1, -0.05) is 50.0 Å². The molecule has 4 fully saturated rings. The van der Waals surface area contributed by atoms with Crippen molar-refractivity contribution < 1.29 is 9.90 Å². The summed E-state index contributed by atoms with van der Waals surface area (Å²) in [6.07, 6.45) is 2.97. The normalized spacial score (nSPS) is 29.3. The van der Waals surface area contributed by atoms with E-state index >= 15 is 0 Å². The van der Waals surface area contributed by atoms with Crippen molar-refractivity contribution in [3.8, 4) is 0 Å². The Balaban J connectivity index is 1.23. The van der Waals surface area contributed by atoms with E-state index in [9.17, 15) is 9.90 Å². The number of halogens is 2. The molecule has 5 aliphatic rings. The number of hydrogen-bond acceptors (Lipinski definition) is 4. The zero-order chi connectivity index (χ0) is 29.8. The van der Waals surface area contributed by atoms with Crippen molar-refractivity contribution >= 4 is 40.8 Å². The summed E-state index contributed by atoms with van der Waals surface area (Å²) in [5.74, 6) is 2.96. The summed E-state index contributed by atoms with van der Waals surface area (Å²) in [6, 6.07) is 11.6. The molecule has 226 valence electrons. The summed E-state index contributed by atoms with van der Waals surface area (Å²) in [7, 11) is 0. The van der Waals surface area contributed by atoms with Crippen LogP contribution in [0.25, 0.3) is 0 Å². The van der Waals surface area contributed by atoms with Crippen LogP contribution in [0.15, 0.2) is 41.4 Å². The van der Waals surface area contributed by atoms with E-state index in [4.69, 9.17) is 28.2 Å². The highest BCUT2D eigenvalue weighted by Crippen LogP contribution is 2.61. The summed E-state index contributed by atoms with van der Waals surface area (Å²) in [4.78, 5) is 22.7. The molecule has 7 nitrogen and oxygen atoms in total. The predicted octanol–water partition coefficient (Wildman–Crippen LogP) is 5.49. The van der Waals surface area contributed by atoms with E-state index in [1.807, 2.05) is 24.3 Å². The lowest BCUT2D eigenvalue weighted by Crippen LogP contribution is -2.63. The highest BCUT2D eigenvalue weighted by molar-refractivity contribution is 6.35. The zero-order valence-electron chi connectivity index (χ0n) is 25.0. The smallest absolute Gasteiger partial charge is 0.254 e. The van der Waals surface area contributed by atoms with Gasteiger partial charge in [-0.15, -0.1) is 0 Å². The molecule has 0 aromatic heterocycles. The van der Waals surface area contributed by atoms with Crippen LogP contribution in [-0.2, 0) is 13.0 Å². The van der Waals surface area contributed by atoms with Crippen LogP contribution < -0.4 is 10.6 Å². The fraction of sp³-hybridized carbons (Fsp3) is 0.576. The van der Waals surface area contributed by atoms with E-state index in [0.717, 1.165) is 54.2 Å². The Morgan fingerprint density at radius 3 is 2.69 bits per heavy atom. The minimum Gasteiger partial charge on any atom is -0.394 e. The first-order chi connectivity index (χ1) is 20.0. The lowest BCUT2D eigenvalue weighted by Gasteiger charge is -2.62. The molecule has 1 amide bonds. The molecular formula is C33H43Cl2N5O2. The number of guanidine groups is 1. The minimum absolute atomic E-state index is 0.0724. The van der Waals surface area contributed by atoms with Gasteiger partial charge in [-0.3, -0.25) is 4.79 Å². The highest BCUT2D eigenvalue weighted by Gasteiger charge is 2.56. The molecular weight excluding hydrogens is 569 g/mol. The van der Waals surface area contributed by atoms with E-state index in [0.29, 0.717) is 52.0 Å². The summed E-state index contributed by atoms with van der Waals surface area (Å²) >= 11 is 12.5. The third kappa shape index (κ3) is 5.54. The highest BCUT2D eigenvalue weighted by atomic mass is 35.5. The van der Waals surface area contributed by atoms with Crippen molar-refractivity contribution in [1.82, 2.24) is 20.4 Å². The molecule has 2 bridgehead atoms. The first-order valence-electron chi connectivity index (χ1n) is 15.4. The average molecular weight is 613 g/mol. The van der Waals surface area contributed by atoms with Gasteiger partial charge >= 0.3 is 0 Å². The topological polar surface area (TPSA) is 80.2 Å². The van der Waals surface area contributed by atoms with Crippen molar-refractivity contribution in [3.63, 3.8) is 0 Å². The molecule has 9 heteroatoms. The van der Waals surface area contributed by atoms with Gasteiger partial charge in [0.2, 0.25) is 0 Å². The number of benzene rings is 2. The van der Waals surface area contributed by atoms with Crippen LogP contribution in [0, 0.1) is 23.2 Å². The number of piperazine rings is 1. The SMILES string of the molecule is C[C@H]1[C@@H](NC(=Nc2ccc3c(c2)CN([C@H](CO)Cc2ccc(Cl)cc2Cl)C3=O)N2CCN[C@@H](C)C2)C[C@@H]2C[C@@H]1C2(C)C. The molecule has 2 aliphatic heterocycles. The molecule has 7 rings (SSSR count). The molecule has 2 aromatic rings. The Bertz CT molecular complexity index is 1380. The Kier molecular flexibility index (Phi) is 8.24. The molecule has 6 atom stereocenters. The third-order valence-corrected chi connectivity index (χ3v) is 11.2. The van der Waals surface area contributed by atoms with E-state index in [1.54, 1.807) is 17.0 Å². The maximum Gasteiger partial charge on any atom is 0.254 e. The standard InChI is InChI=1S/C33H43Cl2N5O2/c1-19-16-39(10-9-36-19)32(38-30-14-23-13-28(20(30)2)33(23,3)4)37-25-7-8-27-22(11-25)17-40(31(27)42)26(18-41)12-21-5-6-24(34)15-29(21)35/h5-8,11,15,19-20,23,26,28,30,36,41H,9-10,12-14,16-18H2,1-4H3,(H,37,38)/t19-,20+,23-,26-,28-,30-/m0/s1. The predicted molar refractivity (Wildman–Crippen MR) is 170 cm³/mol. The van der Waals surface area contributed by atoms with Crippen LogP contribution >= 0.6 is 23.2 Å². The summed E-state index contributed by atoms with van der Waals surface area (Å²) in [5.41, 5.74) is 3.73. The van der Waals surface area contributed by atoms with E-state index in [-0.39, 0.29) is 12.5 Å². The zero-order valence-corrected chi connectivity index (χ0v) is 26.5. The van der Waals surface area contributed by atoms with Crippen molar-refractivity contribution in [2.75, 3.05) is 26.2 Å². The molecule has 0 spiro atoms. The van der Waals surface area contributed by atoms with Gasteiger partial charge in [0.05, 0.1) is 18.3 Å². The summed E-state index contributed by atoms with van der Waals surface area (Å²) in [6.45, 7) is 12.5. The number of aliphatic imine (C=N–C) groups is 1. The Hall–Kier alpha value is -2.32. The quantitative estimate of drug-likeness (QED) is 0.297. The lowest BCUT2D eigenvalue weighted by molar-refractivity contribution is -0.112. The molecule has 3 N–H and O–H groups in total. The number of aliphatic hydroxyl groups excluding tert-OH is 1. The molecule has 2 aromatic carbocycles. The van der Waals surface area contributed by atoms with Gasteiger partial charge in [-0.05, 0) is 90.8 Å². The summed E-state index contributed by atoms with van der Waals surface area (Å²) in [5, 5.41) is 18.8. The Morgan fingerprint density at radius 2 is 2.00 bits per heavy atom. The number of nitrogens with one attached hydrogen (secondary N) is 2. The summed E-state index contributed by atoms with van der Waals surface area (Å²) < 4.78 is 0. The lowest BCUT2D eigenvalue weighted by atomic mass is 9.45. The first-order valence-corrected chi connectivity index (χ1v) is 16.1. The van der Waals surface area contributed by atoms with Gasteiger partial charge < -0.3 is 25.5 Å². The number of nitrogens with zero attached hydrogens (tertiary/aromatic N) is 3. The van der Waals surface area contributed by atoms with Crippen LogP contribution in [0.1, 0.15) is 62.0 Å². The molecule has 0 unspecified atom stereocenters. The number of amides is 1. The van der Waals surface area contributed by atoms with Crippen LogP contribution in [-0.4, -0.2) is 71.1 Å². The number of fused-ring (bicyclic) bond motifs is 3. The van der Waals surface area contributed by atoms with Crippen molar-refractivity contribution in [3.05, 3.63) is 63.1 Å². The molecule has 2 heterocycles. The number of aliphatic hydroxyl groups is 1. The Morgan fingerprint density at radius 1 is 1.19 bits per heavy atom. The van der Waals surface area contributed by atoms with Gasteiger partial charge in [-0.2, -0.15) is 0 Å². The largest absolute Gasteiger partial charge is 0.394 e. The third-order valence-electron chi connectivity index (χ3n) is 10.6. The second kappa shape index (κ2) is 11.6. The minimum atomic E-state index is -0.390. The monoisotopic (exact) mass is 611 g/mol. The van der Waals surface area contributed by atoms with E-state index < -0.39 is 6.04 Å². The van der Waals surface area contributed by atoms with Gasteiger partial charge in [0, 0.05) is 53.9 Å². The van der Waals surface area contributed by atoms with E-state index in [1.165, 1.54) is 12.8 Å². The number of hydrogen-bond donors (Lipinski definition) is 3. The molecule has 3 aliphatic carbocycles. The maximum atomic E-state index is 13.4. The van der Waals surface area contributed by atoms with E-state index in [2.05, 4.69) is 43.2 Å². The van der Waals surface area contributed by atoms with Gasteiger partial charge in [0.15, 0.2) is 5.96 Å². The number of carbonyl (C=O) groups excluding carboxylic acids is 1. The van der Waals surface area contributed by atoms with Crippen molar-refractivity contribution in [2.24, 2.45) is 28.2 Å². The first kappa shape index (κ1) is 29.7. The Labute approximate surface area is 259 Å². The van der Waals surface area contributed by atoms with Crippen LogP contribution in [0.3, 0.4) is 0 Å². The number of carbonyl (C=O) groups is 1. The molecule has 1 saturated heterocycles. The van der Waals surface area contributed by atoms with Gasteiger partial charge in [-0.25, -0.2) is 4.99 Å². The van der Waals surface area contributed by atoms with Crippen LogP contribution in [0.2, 0.25) is 10.0 Å². The molecule has 0 radical (unpaired) electrons. The second-order valence-corrected chi connectivity index (χ2v) is 14.3. The second-order valence-electron chi connectivity index (χ2n) is 13.5. The van der Waals surface area contributed by atoms with Crippen LogP contribution in [0.4, 0.5) is 5.69 Å². The van der Waals surface area contributed by atoms with Gasteiger partial charge in [0.25, 0.3) is 5.91 Å². The number of rotatable bonds is 6. The molecule has 3 saturated carbocycles. The van der Waals surface area contributed by atoms with Crippen LogP contribution in [0.5, 0.6) is 0 Å². The molecule has 42 heavy (non-hydrogen) atoms.